The molecule has 0 atom stereocenters. The third-order valence-electron chi connectivity index (χ3n) is 3.25. The molecule has 94 valence electrons. The van der Waals surface area contributed by atoms with Gasteiger partial charge in [-0.15, -0.1) is 0 Å². The number of hydrogen-bond acceptors (Lipinski definition) is 3. The molecule has 1 amide bonds. The molecular weight excluding hydrogens is 202 g/mol. The Morgan fingerprint density at radius 3 is 2.25 bits per heavy atom. The SMILES string of the molecule is CC(=O)N1CCN(CCCCCCN)CC1. The molecule has 1 rings (SSSR count). The van der Waals surface area contributed by atoms with Crippen molar-refractivity contribution in [1.82, 2.24) is 9.80 Å². The van der Waals surface area contributed by atoms with Crippen LogP contribution in [0.4, 0.5) is 0 Å². The van der Waals surface area contributed by atoms with Crippen molar-refractivity contribution in [3.63, 3.8) is 0 Å². The molecule has 2 N–H and O–H groups in total. The lowest BCUT2D eigenvalue weighted by molar-refractivity contribution is -0.130. The van der Waals surface area contributed by atoms with E-state index in [-0.39, 0.29) is 5.91 Å². The summed E-state index contributed by atoms with van der Waals surface area (Å²) in [4.78, 5) is 15.5. The first-order chi connectivity index (χ1) is 7.74. The zero-order valence-electron chi connectivity index (χ0n) is 10.5. The van der Waals surface area contributed by atoms with Crippen molar-refractivity contribution >= 4 is 5.91 Å². The van der Waals surface area contributed by atoms with Crippen LogP contribution in [-0.2, 0) is 4.79 Å². The van der Waals surface area contributed by atoms with Crippen molar-refractivity contribution < 1.29 is 4.79 Å². The van der Waals surface area contributed by atoms with Crippen LogP contribution in [0.15, 0.2) is 0 Å². The molecule has 0 unspecified atom stereocenters. The lowest BCUT2D eigenvalue weighted by Gasteiger charge is -2.34. The number of nitrogens with zero attached hydrogens (tertiary/aromatic N) is 2. The molecule has 4 nitrogen and oxygen atoms in total. The van der Waals surface area contributed by atoms with Gasteiger partial charge < -0.3 is 10.6 Å². The zero-order valence-corrected chi connectivity index (χ0v) is 10.5. The monoisotopic (exact) mass is 227 g/mol. The number of rotatable bonds is 6. The number of carbonyl (C=O) groups is 1. The summed E-state index contributed by atoms with van der Waals surface area (Å²) in [6.07, 6.45) is 4.95. The Morgan fingerprint density at radius 1 is 1.06 bits per heavy atom. The summed E-state index contributed by atoms with van der Waals surface area (Å²) >= 11 is 0. The number of nitrogens with two attached hydrogens (primary N) is 1. The molecule has 0 aromatic heterocycles. The molecule has 16 heavy (non-hydrogen) atoms. The maximum Gasteiger partial charge on any atom is 0.219 e. The predicted octanol–water partition coefficient (Wildman–Crippen LogP) is 0.670. The lowest BCUT2D eigenvalue weighted by atomic mass is 10.2. The maximum atomic E-state index is 11.1. The Bertz CT molecular complexity index is 200. The number of unbranched alkanes of at least 4 members (excludes halogenated alkanes) is 3. The first-order valence-corrected chi connectivity index (χ1v) is 6.42. The van der Waals surface area contributed by atoms with Crippen molar-refractivity contribution in [1.29, 1.82) is 0 Å². The average Bonchev–Trinajstić information content (AvgIpc) is 2.29. The second kappa shape index (κ2) is 7.63. The van der Waals surface area contributed by atoms with Crippen LogP contribution in [0.3, 0.4) is 0 Å². The van der Waals surface area contributed by atoms with Crippen molar-refractivity contribution in [2.24, 2.45) is 5.73 Å². The van der Waals surface area contributed by atoms with E-state index in [1.165, 1.54) is 25.8 Å². The Labute approximate surface area is 98.8 Å². The normalized spacial score (nSPS) is 17.8. The summed E-state index contributed by atoms with van der Waals surface area (Å²) in [5, 5.41) is 0. The van der Waals surface area contributed by atoms with Gasteiger partial charge in [0.25, 0.3) is 0 Å². The zero-order chi connectivity index (χ0) is 11.8. The van der Waals surface area contributed by atoms with Gasteiger partial charge in [0.1, 0.15) is 0 Å². The molecule has 1 aliphatic heterocycles. The highest BCUT2D eigenvalue weighted by molar-refractivity contribution is 5.73. The highest BCUT2D eigenvalue weighted by atomic mass is 16.2. The topological polar surface area (TPSA) is 49.6 Å². The molecule has 0 bridgehead atoms. The van der Waals surface area contributed by atoms with Gasteiger partial charge in [-0.05, 0) is 25.9 Å². The highest BCUT2D eigenvalue weighted by Crippen LogP contribution is 2.05. The molecule has 0 aromatic rings. The fraction of sp³-hybridized carbons (Fsp3) is 0.917. The van der Waals surface area contributed by atoms with E-state index in [4.69, 9.17) is 5.73 Å². The summed E-state index contributed by atoms with van der Waals surface area (Å²) in [6, 6.07) is 0. The van der Waals surface area contributed by atoms with Crippen molar-refractivity contribution in [2.75, 3.05) is 39.3 Å². The van der Waals surface area contributed by atoms with Crippen LogP contribution in [-0.4, -0.2) is 55.0 Å². The largest absolute Gasteiger partial charge is 0.340 e. The molecule has 0 saturated carbocycles. The number of amides is 1. The van der Waals surface area contributed by atoms with Crippen LogP contribution in [0.2, 0.25) is 0 Å². The molecule has 0 aromatic carbocycles. The quantitative estimate of drug-likeness (QED) is 0.679. The summed E-state index contributed by atoms with van der Waals surface area (Å²) in [5.41, 5.74) is 5.45. The summed E-state index contributed by atoms with van der Waals surface area (Å²) in [5.74, 6) is 0.211. The van der Waals surface area contributed by atoms with E-state index in [2.05, 4.69) is 4.90 Å². The van der Waals surface area contributed by atoms with E-state index in [0.29, 0.717) is 0 Å². The minimum Gasteiger partial charge on any atom is -0.340 e. The Kier molecular flexibility index (Phi) is 6.42. The van der Waals surface area contributed by atoms with Crippen molar-refractivity contribution in [3.05, 3.63) is 0 Å². The van der Waals surface area contributed by atoms with Gasteiger partial charge in [0.15, 0.2) is 0 Å². The Balaban J connectivity index is 2.02. The minimum absolute atomic E-state index is 0.211. The Hall–Kier alpha value is -0.610. The average molecular weight is 227 g/mol. The fourth-order valence-corrected chi connectivity index (χ4v) is 2.12. The minimum atomic E-state index is 0.211. The number of piperazine rings is 1. The molecule has 0 aliphatic carbocycles. The third-order valence-corrected chi connectivity index (χ3v) is 3.25. The first-order valence-electron chi connectivity index (χ1n) is 6.42. The van der Waals surface area contributed by atoms with E-state index in [1.54, 1.807) is 6.92 Å². The smallest absolute Gasteiger partial charge is 0.219 e. The van der Waals surface area contributed by atoms with Gasteiger partial charge in [-0.25, -0.2) is 0 Å². The molecule has 1 aliphatic rings. The summed E-state index contributed by atoms with van der Waals surface area (Å²) < 4.78 is 0. The van der Waals surface area contributed by atoms with Gasteiger partial charge in [-0.1, -0.05) is 12.8 Å². The van der Waals surface area contributed by atoms with E-state index < -0.39 is 0 Å². The second-order valence-corrected chi connectivity index (χ2v) is 4.55. The van der Waals surface area contributed by atoms with Gasteiger partial charge in [0, 0.05) is 33.1 Å². The van der Waals surface area contributed by atoms with Crippen molar-refractivity contribution in [3.8, 4) is 0 Å². The molecule has 1 heterocycles. The fourth-order valence-electron chi connectivity index (χ4n) is 2.12. The van der Waals surface area contributed by atoms with Crippen LogP contribution in [0.25, 0.3) is 0 Å². The van der Waals surface area contributed by atoms with E-state index in [0.717, 1.165) is 39.1 Å². The first kappa shape index (κ1) is 13.5. The standard InChI is InChI=1S/C12H25N3O/c1-12(16)15-10-8-14(9-11-15)7-5-3-2-4-6-13/h2-11,13H2,1H3. The van der Waals surface area contributed by atoms with E-state index in [9.17, 15) is 4.79 Å². The van der Waals surface area contributed by atoms with Crippen LogP contribution in [0.1, 0.15) is 32.6 Å². The number of carbonyl (C=O) groups excluding carboxylic acids is 1. The van der Waals surface area contributed by atoms with Gasteiger partial charge in [-0.3, -0.25) is 9.69 Å². The molecule has 0 spiro atoms. The summed E-state index contributed by atoms with van der Waals surface area (Å²) in [7, 11) is 0. The molecule has 0 radical (unpaired) electrons. The Morgan fingerprint density at radius 2 is 1.69 bits per heavy atom. The van der Waals surface area contributed by atoms with E-state index in [1.807, 2.05) is 4.90 Å². The van der Waals surface area contributed by atoms with Gasteiger partial charge in [0.05, 0.1) is 0 Å². The van der Waals surface area contributed by atoms with Gasteiger partial charge in [-0.2, -0.15) is 0 Å². The van der Waals surface area contributed by atoms with Crippen LogP contribution >= 0.6 is 0 Å². The van der Waals surface area contributed by atoms with Crippen LogP contribution in [0, 0.1) is 0 Å². The molecule has 1 saturated heterocycles. The molecule has 4 heteroatoms. The van der Waals surface area contributed by atoms with Gasteiger partial charge in [0.2, 0.25) is 5.91 Å². The highest BCUT2D eigenvalue weighted by Gasteiger charge is 2.17. The maximum absolute atomic E-state index is 11.1. The van der Waals surface area contributed by atoms with Crippen LogP contribution < -0.4 is 5.73 Å². The second-order valence-electron chi connectivity index (χ2n) is 4.55. The third kappa shape index (κ3) is 4.94. The van der Waals surface area contributed by atoms with Crippen LogP contribution in [0.5, 0.6) is 0 Å². The predicted molar refractivity (Wildman–Crippen MR) is 66.2 cm³/mol. The van der Waals surface area contributed by atoms with Gasteiger partial charge >= 0.3 is 0 Å². The molecule has 1 fully saturated rings. The molecular formula is C12H25N3O. The lowest BCUT2D eigenvalue weighted by Crippen LogP contribution is -2.48. The number of hydrogen-bond donors (Lipinski definition) is 1. The van der Waals surface area contributed by atoms with E-state index >= 15 is 0 Å². The summed E-state index contributed by atoms with van der Waals surface area (Å²) in [6.45, 7) is 7.53. The van der Waals surface area contributed by atoms with Crippen molar-refractivity contribution in [2.45, 2.75) is 32.6 Å².